The van der Waals surface area contributed by atoms with Crippen molar-refractivity contribution in [1.29, 1.82) is 5.26 Å². The van der Waals surface area contributed by atoms with Crippen molar-refractivity contribution in [3.05, 3.63) is 35.5 Å². The normalized spacial score (nSPS) is 10.6. The van der Waals surface area contributed by atoms with Gasteiger partial charge in [-0.15, -0.1) is 0 Å². The van der Waals surface area contributed by atoms with Crippen molar-refractivity contribution in [2.45, 2.75) is 26.9 Å². The lowest BCUT2D eigenvalue weighted by Crippen LogP contribution is -2.34. The number of nitrogens with zero attached hydrogens (tertiary/aromatic N) is 1. The maximum atomic E-state index is 12.1. The summed E-state index contributed by atoms with van der Waals surface area (Å²) < 4.78 is 15.5. The van der Waals surface area contributed by atoms with E-state index in [1.165, 1.54) is 13.2 Å². The van der Waals surface area contributed by atoms with E-state index in [1.807, 2.05) is 13.8 Å². The van der Waals surface area contributed by atoms with E-state index in [1.54, 1.807) is 25.1 Å². The third-order valence-corrected chi connectivity index (χ3v) is 2.81. The van der Waals surface area contributed by atoms with Crippen LogP contribution in [0.3, 0.4) is 0 Å². The second kappa shape index (κ2) is 9.82. The van der Waals surface area contributed by atoms with Crippen LogP contribution in [0.2, 0.25) is 0 Å². The molecule has 8 nitrogen and oxygen atoms in total. The molecular formula is C17H21N3O5. The van der Waals surface area contributed by atoms with Gasteiger partial charge in [0.15, 0.2) is 17.1 Å². The van der Waals surface area contributed by atoms with E-state index in [4.69, 9.17) is 19.5 Å². The number of rotatable bonds is 8. The Labute approximate surface area is 146 Å². The Balaban J connectivity index is 2.78. The van der Waals surface area contributed by atoms with Gasteiger partial charge < -0.3 is 19.6 Å². The van der Waals surface area contributed by atoms with Gasteiger partial charge in [-0.25, -0.2) is 4.79 Å². The van der Waals surface area contributed by atoms with Gasteiger partial charge in [-0.05, 0) is 39.0 Å². The fraction of sp³-hybridized carbons (Fsp3) is 0.353. The number of hydrogen-bond donors (Lipinski definition) is 2. The molecule has 0 saturated heterocycles. The van der Waals surface area contributed by atoms with Gasteiger partial charge >= 0.3 is 5.97 Å². The Kier molecular flexibility index (Phi) is 7.79. The summed E-state index contributed by atoms with van der Waals surface area (Å²) in [7, 11) is 1.48. The number of hydrogen-bond acceptors (Lipinski definition) is 7. The zero-order chi connectivity index (χ0) is 18.8. The Morgan fingerprint density at radius 1 is 1.32 bits per heavy atom. The molecule has 8 heteroatoms. The molecule has 0 atom stereocenters. The van der Waals surface area contributed by atoms with E-state index >= 15 is 0 Å². The molecule has 0 spiro atoms. The highest BCUT2D eigenvalue weighted by Crippen LogP contribution is 2.28. The van der Waals surface area contributed by atoms with Crippen LogP contribution in [-0.4, -0.2) is 31.7 Å². The highest BCUT2D eigenvalue weighted by molar-refractivity contribution is 5.95. The fourth-order valence-corrected chi connectivity index (χ4v) is 1.75. The largest absolute Gasteiger partial charge is 0.493 e. The van der Waals surface area contributed by atoms with Gasteiger partial charge in [0.05, 0.1) is 19.8 Å². The van der Waals surface area contributed by atoms with Gasteiger partial charge in [-0.1, -0.05) is 0 Å². The highest BCUT2D eigenvalue weighted by Gasteiger charge is 2.13. The van der Waals surface area contributed by atoms with Crippen molar-refractivity contribution < 1.29 is 23.8 Å². The molecule has 1 aromatic rings. The highest BCUT2D eigenvalue weighted by atomic mass is 16.5. The molecule has 0 saturated carbocycles. The average Bonchev–Trinajstić information content (AvgIpc) is 2.58. The smallest absolute Gasteiger partial charge is 0.350 e. The van der Waals surface area contributed by atoms with Gasteiger partial charge in [0, 0.05) is 11.8 Å². The van der Waals surface area contributed by atoms with Crippen molar-refractivity contribution in [1.82, 2.24) is 10.9 Å². The third kappa shape index (κ3) is 6.06. The molecule has 2 N–H and O–H groups in total. The molecule has 1 amide bonds. The Hall–Kier alpha value is -3.21. The summed E-state index contributed by atoms with van der Waals surface area (Å²) in [4.78, 5) is 23.5. The van der Waals surface area contributed by atoms with Crippen LogP contribution < -0.4 is 20.3 Å². The summed E-state index contributed by atoms with van der Waals surface area (Å²) in [5.41, 5.74) is 4.80. The molecule has 0 aliphatic carbocycles. The monoisotopic (exact) mass is 347 g/mol. The summed E-state index contributed by atoms with van der Waals surface area (Å²) in [5, 5.41) is 8.87. The lowest BCUT2D eigenvalue weighted by atomic mass is 10.2. The van der Waals surface area contributed by atoms with Gasteiger partial charge in [-0.3, -0.25) is 10.2 Å². The quantitative estimate of drug-likeness (QED) is 0.319. The standard InChI is InChI=1S/C17H21N3O5/c1-5-24-17(22)13(9-18)10-19-20-16(21)12-6-7-14(25-11(2)3)15(8-12)23-4/h6-8,10-11,19H,5H2,1-4H3,(H,20,21)/b13-10+. The first-order valence-corrected chi connectivity index (χ1v) is 7.60. The van der Waals surface area contributed by atoms with E-state index in [2.05, 4.69) is 10.9 Å². The van der Waals surface area contributed by atoms with E-state index in [0.29, 0.717) is 17.1 Å². The molecule has 0 unspecified atom stereocenters. The second-order valence-electron chi connectivity index (χ2n) is 5.02. The first-order valence-electron chi connectivity index (χ1n) is 7.60. The summed E-state index contributed by atoms with van der Waals surface area (Å²) in [5.74, 6) is -0.312. The van der Waals surface area contributed by atoms with Crippen molar-refractivity contribution in [3.8, 4) is 17.6 Å². The molecule has 0 aromatic heterocycles. The molecule has 1 aromatic carbocycles. The number of hydrazine groups is 1. The number of nitriles is 1. The number of nitrogens with one attached hydrogen (secondary N) is 2. The minimum atomic E-state index is -0.774. The van der Waals surface area contributed by atoms with Crippen molar-refractivity contribution in [2.24, 2.45) is 0 Å². The second-order valence-corrected chi connectivity index (χ2v) is 5.02. The maximum Gasteiger partial charge on any atom is 0.350 e. The van der Waals surface area contributed by atoms with Crippen LogP contribution in [0.15, 0.2) is 30.0 Å². The van der Waals surface area contributed by atoms with Crippen LogP contribution in [0, 0.1) is 11.3 Å². The first kappa shape index (κ1) is 19.8. The van der Waals surface area contributed by atoms with Gasteiger partial charge in [0.1, 0.15) is 6.07 Å². The lowest BCUT2D eigenvalue weighted by Gasteiger charge is -2.14. The van der Waals surface area contributed by atoms with E-state index in [9.17, 15) is 9.59 Å². The third-order valence-electron chi connectivity index (χ3n) is 2.81. The molecule has 0 heterocycles. The predicted molar refractivity (Wildman–Crippen MR) is 89.7 cm³/mol. The van der Waals surface area contributed by atoms with Crippen LogP contribution in [0.25, 0.3) is 0 Å². The van der Waals surface area contributed by atoms with Crippen molar-refractivity contribution in [2.75, 3.05) is 13.7 Å². The van der Waals surface area contributed by atoms with Gasteiger partial charge in [0.25, 0.3) is 5.91 Å². The van der Waals surface area contributed by atoms with Crippen LogP contribution >= 0.6 is 0 Å². The number of ether oxygens (including phenoxy) is 3. The molecule has 25 heavy (non-hydrogen) atoms. The summed E-state index contributed by atoms with van der Waals surface area (Å²) in [6, 6.07) is 6.40. The number of carbonyl (C=O) groups excluding carboxylic acids is 2. The zero-order valence-corrected chi connectivity index (χ0v) is 14.6. The number of methoxy groups -OCH3 is 1. The van der Waals surface area contributed by atoms with E-state index < -0.39 is 11.9 Å². The Morgan fingerprint density at radius 2 is 2.04 bits per heavy atom. The van der Waals surface area contributed by atoms with Crippen LogP contribution in [0.5, 0.6) is 11.5 Å². The van der Waals surface area contributed by atoms with Crippen LogP contribution in [0.4, 0.5) is 0 Å². The summed E-state index contributed by atoms with van der Waals surface area (Å²) >= 11 is 0. The average molecular weight is 347 g/mol. The van der Waals surface area contributed by atoms with E-state index in [-0.39, 0.29) is 18.3 Å². The molecule has 134 valence electrons. The predicted octanol–water partition coefficient (Wildman–Crippen LogP) is 1.69. The molecule has 0 radical (unpaired) electrons. The molecule has 0 bridgehead atoms. The van der Waals surface area contributed by atoms with Crippen molar-refractivity contribution in [3.63, 3.8) is 0 Å². The minimum Gasteiger partial charge on any atom is -0.493 e. The van der Waals surface area contributed by atoms with Gasteiger partial charge in [0.2, 0.25) is 0 Å². The fourth-order valence-electron chi connectivity index (χ4n) is 1.75. The minimum absolute atomic E-state index is 0.0346. The number of amides is 1. The molecule has 0 aliphatic rings. The van der Waals surface area contributed by atoms with Gasteiger partial charge in [-0.2, -0.15) is 5.26 Å². The molecule has 0 fully saturated rings. The SMILES string of the molecule is CCOC(=O)/C(C#N)=C/NNC(=O)c1ccc(OC(C)C)c(OC)c1. The summed E-state index contributed by atoms with van der Waals surface area (Å²) in [6.07, 6.45) is 1.02. The Bertz CT molecular complexity index is 692. The number of carbonyl (C=O) groups is 2. The lowest BCUT2D eigenvalue weighted by molar-refractivity contribution is -0.138. The van der Waals surface area contributed by atoms with Crippen LogP contribution in [-0.2, 0) is 9.53 Å². The van der Waals surface area contributed by atoms with Crippen LogP contribution in [0.1, 0.15) is 31.1 Å². The topological polar surface area (TPSA) is 110 Å². The number of esters is 1. The maximum absolute atomic E-state index is 12.1. The Morgan fingerprint density at radius 3 is 2.60 bits per heavy atom. The van der Waals surface area contributed by atoms with E-state index in [0.717, 1.165) is 6.20 Å². The zero-order valence-electron chi connectivity index (χ0n) is 14.6. The summed E-state index contributed by atoms with van der Waals surface area (Å²) in [6.45, 7) is 5.54. The van der Waals surface area contributed by atoms with Crippen molar-refractivity contribution >= 4 is 11.9 Å². The molecule has 0 aliphatic heterocycles. The number of benzene rings is 1. The molecular weight excluding hydrogens is 326 g/mol. The molecule has 1 rings (SSSR count). The first-order chi connectivity index (χ1) is 11.9.